The van der Waals surface area contributed by atoms with Gasteiger partial charge in [0.05, 0.1) is 0 Å². The number of halogens is 2. The topological polar surface area (TPSA) is 32.3 Å². The van der Waals surface area contributed by atoms with Crippen LogP contribution < -0.4 is 5.32 Å². The van der Waals surface area contributed by atoms with E-state index in [1.165, 1.54) is 0 Å². The van der Waals surface area contributed by atoms with Gasteiger partial charge in [-0.2, -0.15) is 0 Å². The van der Waals surface area contributed by atoms with Crippen molar-refractivity contribution in [2.45, 2.75) is 0 Å². The molecule has 24 heavy (non-hydrogen) atoms. The fraction of sp³-hybridized carbons (Fsp3) is 0.211. The molecule has 0 saturated heterocycles. The smallest absolute Gasteiger partial charge is 0.251 e. The molecule has 0 radical (unpaired) electrons. The van der Waals surface area contributed by atoms with Gasteiger partial charge in [-0.1, -0.05) is 53.6 Å². The molecular weight excluding hydrogens is 343 g/mol. The Balaban J connectivity index is 1.98. The molecule has 0 aliphatic rings. The number of hydrogen-bond acceptors (Lipinski definition) is 2. The number of nitrogens with zero attached hydrogens (tertiary/aromatic N) is 1. The van der Waals surface area contributed by atoms with E-state index in [1.807, 2.05) is 61.5 Å². The average molecular weight is 363 g/mol. The second kappa shape index (κ2) is 8.88. The third-order valence-electron chi connectivity index (χ3n) is 3.44. The lowest BCUT2D eigenvalue weighted by molar-refractivity contribution is 0.0951. The predicted molar refractivity (Wildman–Crippen MR) is 103 cm³/mol. The average Bonchev–Trinajstić information content (AvgIpc) is 2.54. The number of amides is 1. The number of rotatable bonds is 6. The molecule has 0 atom stereocenters. The maximum absolute atomic E-state index is 12.0. The van der Waals surface area contributed by atoms with E-state index in [2.05, 4.69) is 5.32 Å². The molecule has 0 heterocycles. The lowest BCUT2D eigenvalue weighted by Crippen LogP contribution is -2.31. The van der Waals surface area contributed by atoms with Crippen molar-refractivity contribution in [3.63, 3.8) is 0 Å². The third kappa shape index (κ3) is 5.68. The molecule has 0 aromatic heterocycles. The van der Waals surface area contributed by atoms with Crippen LogP contribution in [0.2, 0.25) is 10.0 Å². The summed E-state index contributed by atoms with van der Waals surface area (Å²) in [5, 5.41) is 4.11. The first-order chi connectivity index (χ1) is 11.5. The van der Waals surface area contributed by atoms with Crippen LogP contribution in [0.5, 0.6) is 0 Å². The molecule has 0 spiro atoms. The molecule has 5 heteroatoms. The molecular formula is C19H20Cl2N2O. The second-order valence-corrected chi connectivity index (χ2v) is 6.52. The van der Waals surface area contributed by atoms with E-state index in [9.17, 15) is 4.79 Å². The van der Waals surface area contributed by atoms with Crippen molar-refractivity contribution in [1.82, 2.24) is 10.2 Å². The highest BCUT2D eigenvalue weighted by Crippen LogP contribution is 2.22. The van der Waals surface area contributed by atoms with E-state index in [0.29, 0.717) is 22.2 Å². The minimum Gasteiger partial charge on any atom is -0.351 e. The molecule has 0 fully saturated rings. The largest absolute Gasteiger partial charge is 0.351 e. The lowest BCUT2D eigenvalue weighted by atomic mass is 10.1. The number of nitrogens with one attached hydrogen (secondary N) is 1. The van der Waals surface area contributed by atoms with Crippen molar-refractivity contribution in [2.75, 3.05) is 27.2 Å². The standard InChI is InChI=1S/C19H20Cl2N2O/c1-23(2)12-11-22-19(24)16-7-4-14(5-8-16)3-6-15-9-10-17(20)13-18(15)21/h3-10,13H,11-12H2,1-2H3,(H,22,24)/b6-3+. The van der Waals surface area contributed by atoms with Gasteiger partial charge >= 0.3 is 0 Å². The number of carbonyl (C=O) groups is 1. The fourth-order valence-electron chi connectivity index (χ4n) is 2.06. The SMILES string of the molecule is CN(C)CCNC(=O)c1ccc(/C=C/c2ccc(Cl)cc2Cl)cc1. The van der Waals surface area contributed by atoms with Crippen LogP contribution in [0, 0.1) is 0 Å². The third-order valence-corrected chi connectivity index (χ3v) is 4.00. The van der Waals surface area contributed by atoms with E-state index in [0.717, 1.165) is 17.7 Å². The summed E-state index contributed by atoms with van der Waals surface area (Å²) < 4.78 is 0. The molecule has 3 nitrogen and oxygen atoms in total. The molecule has 1 amide bonds. The highest BCUT2D eigenvalue weighted by molar-refractivity contribution is 6.35. The van der Waals surface area contributed by atoms with Gasteiger partial charge < -0.3 is 10.2 Å². The molecule has 0 bridgehead atoms. The maximum Gasteiger partial charge on any atom is 0.251 e. The summed E-state index contributed by atoms with van der Waals surface area (Å²) in [5.74, 6) is -0.0619. The van der Waals surface area contributed by atoms with E-state index in [-0.39, 0.29) is 5.91 Å². The number of hydrogen-bond donors (Lipinski definition) is 1. The van der Waals surface area contributed by atoms with Crippen LogP contribution in [0.1, 0.15) is 21.5 Å². The summed E-state index contributed by atoms with van der Waals surface area (Å²) in [6.07, 6.45) is 3.87. The van der Waals surface area contributed by atoms with Gasteiger partial charge in [-0.3, -0.25) is 4.79 Å². The van der Waals surface area contributed by atoms with E-state index < -0.39 is 0 Å². The van der Waals surface area contributed by atoms with Gasteiger partial charge in [-0.05, 0) is 49.5 Å². The Morgan fingerprint density at radius 2 is 1.79 bits per heavy atom. The number of benzene rings is 2. The first kappa shape index (κ1) is 18.5. The Labute approximate surface area is 152 Å². The highest BCUT2D eigenvalue weighted by atomic mass is 35.5. The van der Waals surface area contributed by atoms with Crippen molar-refractivity contribution in [3.8, 4) is 0 Å². The maximum atomic E-state index is 12.0. The van der Waals surface area contributed by atoms with Crippen LogP contribution in [0.25, 0.3) is 12.2 Å². The zero-order chi connectivity index (χ0) is 17.5. The van der Waals surface area contributed by atoms with Crippen LogP contribution >= 0.6 is 23.2 Å². The van der Waals surface area contributed by atoms with Crippen LogP contribution in [-0.4, -0.2) is 38.0 Å². The molecule has 126 valence electrons. The molecule has 0 unspecified atom stereocenters. The van der Waals surface area contributed by atoms with E-state index >= 15 is 0 Å². The Kier molecular flexibility index (Phi) is 6.85. The first-order valence-corrected chi connectivity index (χ1v) is 8.37. The summed E-state index contributed by atoms with van der Waals surface area (Å²) in [6, 6.07) is 12.8. The minimum absolute atomic E-state index is 0.0619. The fourth-order valence-corrected chi connectivity index (χ4v) is 2.53. The summed E-state index contributed by atoms with van der Waals surface area (Å²) >= 11 is 12.0. The van der Waals surface area contributed by atoms with Gasteiger partial charge in [0.1, 0.15) is 0 Å². The van der Waals surface area contributed by atoms with Crippen molar-refractivity contribution in [3.05, 3.63) is 69.2 Å². The van der Waals surface area contributed by atoms with E-state index in [1.54, 1.807) is 12.1 Å². The Morgan fingerprint density at radius 1 is 1.08 bits per heavy atom. The number of likely N-dealkylation sites (N-methyl/N-ethyl adjacent to an activating group) is 1. The van der Waals surface area contributed by atoms with Crippen LogP contribution in [0.4, 0.5) is 0 Å². The predicted octanol–water partition coefficient (Wildman–Crippen LogP) is 4.46. The second-order valence-electron chi connectivity index (χ2n) is 5.68. The van der Waals surface area contributed by atoms with Gasteiger partial charge in [0.25, 0.3) is 5.91 Å². The molecule has 0 aliphatic heterocycles. The van der Waals surface area contributed by atoms with Crippen LogP contribution in [0.3, 0.4) is 0 Å². The molecule has 1 N–H and O–H groups in total. The summed E-state index contributed by atoms with van der Waals surface area (Å²) in [7, 11) is 3.94. The Hall–Kier alpha value is -1.81. The number of carbonyl (C=O) groups excluding carboxylic acids is 1. The molecule has 2 aromatic rings. The zero-order valence-corrected chi connectivity index (χ0v) is 15.2. The summed E-state index contributed by atoms with van der Waals surface area (Å²) in [5.41, 5.74) is 2.54. The van der Waals surface area contributed by atoms with Crippen LogP contribution in [0.15, 0.2) is 42.5 Å². The quantitative estimate of drug-likeness (QED) is 0.769. The Morgan fingerprint density at radius 3 is 2.42 bits per heavy atom. The van der Waals surface area contributed by atoms with E-state index in [4.69, 9.17) is 23.2 Å². The minimum atomic E-state index is -0.0619. The summed E-state index contributed by atoms with van der Waals surface area (Å²) in [6.45, 7) is 1.44. The monoisotopic (exact) mass is 362 g/mol. The lowest BCUT2D eigenvalue weighted by Gasteiger charge is -2.10. The molecule has 0 aliphatic carbocycles. The van der Waals surface area contributed by atoms with Gasteiger partial charge in [-0.15, -0.1) is 0 Å². The zero-order valence-electron chi connectivity index (χ0n) is 13.7. The Bertz CT molecular complexity index is 725. The van der Waals surface area contributed by atoms with Crippen molar-refractivity contribution >= 4 is 41.3 Å². The first-order valence-electron chi connectivity index (χ1n) is 7.62. The van der Waals surface area contributed by atoms with Gasteiger partial charge in [0.2, 0.25) is 0 Å². The van der Waals surface area contributed by atoms with Crippen molar-refractivity contribution in [2.24, 2.45) is 0 Å². The normalized spacial score (nSPS) is 11.2. The molecule has 0 saturated carbocycles. The molecule has 2 aromatic carbocycles. The molecule has 2 rings (SSSR count). The van der Waals surface area contributed by atoms with Crippen molar-refractivity contribution < 1.29 is 4.79 Å². The van der Waals surface area contributed by atoms with Crippen molar-refractivity contribution in [1.29, 1.82) is 0 Å². The van der Waals surface area contributed by atoms with Gasteiger partial charge in [0, 0.05) is 28.7 Å². The highest BCUT2D eigenvalue weighted by Gasteiger charge is 2.04. The van der Waals surface area contributed by atoms with Gasteiger partial charge in [0.15, 0.2) is 0 Å². The van der Waals surface area contributed by atoms with Crippen LogP contribution in [-0.2, 0) is 0 Å². The summed E-state index contributed by atoms with van der Waals surface area (Å²) in [4.78, 5) is 14.0. The van der Waals surface area contributed by atoms with Gasteiger partial charge in [-0.25, -0.2) is 0 Å².